The summed E-state index contributed by atoms with van der Waals surface area (Å²) in [6, 6.07) is 10.4. The minimum atomic E-state index is 0.166. The molecule has 0 aliphatic heterocycles. The first-order valence-electron chi connectivity index (χ1n) is 6.88. The predicted molar refractivity (Wildman–Crippen MR) is 82.4 cm³/mol. The summed E-state index contributed by atoms with van der Waals surface area (Å²) in [7, 11) is 0. The number of aryl methyl sites for hydroxylation is 1. The van der Waals surface area contributed by atoms with E-state index in [2.05, 4.69) is 39.3 Å². The maximum atomic E-state index is 4.59. The summed E-state index contributed by atoms with van der Waals surface area (Å²) >= 11 is 0. The number of aromatic nitrogens is 4. The highest BCUT2D eigenvalue weighted by atomic mass is 15.2. The SMILES string of the molecule is Cc1nccn1-c1cncc(N[C@@H](C)c2ccccc2)n1. The summed E-state index contributed by atoms with van der Waals surface area (Å²) < 4.78 is 1.91. The lowest BCUT2D eigenvalue weighted by atomic mass is 10.1. The zero-order chi connectivity index (χ0) is 14.7. The van der Waals surface area contributed by atoms with Crippen molar-refractivity contribution in [2.24, 2.45) is 0 Å². The first-order chi connectivity index (χ1) is 10.2. The van der Waals surface area contributed by atoms with Crippen molar-refractivity contribution < 1.29 is 0 Å². The van der Waals surface area contributed by atoms with Crippen LogP contribution in [-0.2, 0) is 0 Å². The molecule has 2 heterocycles. The van der Waals surface area contributed by atoms with E-state index in [0.717, 1.165) is 17.5 Å². The summed E-state index contributed by atoms with van der Waals surface area (Å²) in [5, 5.41) is 3.37. The van der Waals surface area contributed by atoms with Gasteiger partial charge in [0.05, 0.1) is 12.4 Å². The van der Waals surface area contributed by atoms with Gasteiger partial charge in [-0.25, -0.2) is 9.97 Å². The van der Waals surface area contributed by atoms with Gasteiger partial charge in [-0.05, 0) is 19.4 Å². The van der Waals surface area contributed by atoms with E-state index in [9.17, 15) is 0 Å². The van der Waals surface area contributed by atoms with Crippen LogP contribution in [0.2, 0.25) is 0 Å². The van der Waals surface area contributed by atoms with E-state index in [1.807, 2.05) is 35.9 Å². The molecule has 0 spiro atoms. The molecule has 0 aliphatic rings. The Hall–Kier alpha value is -2.69. The molecule has 1 atom stereocenters. The smallest absolute Gasteiger partial charge is 0.159 e. The lowest BCUT2D eigenvalue weighted by Gasteiger charge is -2.15. The van der Waals surface area contributed by atoms with E-state index in [4.69, 9.17) is 0 Å². The van der Waals surface area contributed by atoms with E-state index < -0.39 is 0 Å². The van der Waals surface area contributed by atoms with Crippen LogP contribution in [0.1, 0.15) is 24.4 Å². The van der Waals surface area contributed by atoms with Gasteiger partial charge in [0.2, 0.25) is 0 Å². The highest BCUT2D eigenvalue weighted by Gasteiger charge is 2.08. The van der Waals surface area contributed by atoms with Crippen LogP contribution in [0.15, 0.2) is 55.1 Å². The standard InChI is InChI=1S/C16H17N5/c1-12(14-6-4-3-5-7-14)19-15-10-17-11-16(20-15)21-9-8-18-13(21)2/h3-12H,1-2H3,(H,19,20)/t12-/m0/s1. The van der Waals surface area contributed by atoms with Crippen LogP contribution in [0, 0.1) is 6.92 Å². The molecule has 21 heavy (non-hydrogen) atoms. The number of hydrogen-bond acceptors (Lipinski definition) is 4. The Morgan fingerprint density at radius 2 is 1.95 bits per heavy atom. The van der Waals surface area contributed by atoms with E-state index >= 15 is 0 Å². The second-order valence-electron chi connectivity index (χ2n) is 4.88. The largest absolute Gasteiger partial charge is 0.362 e. The Morgan fingerprint density at radius 3 is 2.67 bits per heavy atom. The Balaban J connectivity index is 1.82. The highest BCUT2D eigenvalue weighted by Crippen LogP contribution is 2.18. The fourth-order valence-electron chi connectivity index (χ4n) is 2.21. The van der Waals surface area contributed by atoms with Gasteiger partial charge >= 0.3 is 0 Å². The van der Waals surface area contributed by atoms with Gasteiger partial charge in [-0.1, -0.05) is 30.3 Å². The molecule has 3 aromatic rings. The molecule has 0 bridgehead atoms. The third-order valence-electron chi connectivity index (χ3n) is 3.36. The molecule has 0 saturated heterocycles. The topological polar surface area (TPSA) is 55.6 Å². The third kappa shape index (κ3) is 2.91. The van der Waals surface area contributed by atoms with Gasteiger partial charge in [-0.3, -0.25) is 9.55 Å². The van der Waals surface area contributed by atoms with Crippen LogP contribution in [0.25, 0.3) is 5.82 Å². The molecule has 0 aliphatic carbocycles. The van der Waals surface area contributed by atoms with Gasteiger partial charge in [-0.15, -0.1) is 0 Å². The molecule has 1 aromatic carbocycles. The fraction of sp³-hybridized carbons (Fsp3) is 0.188. The molecule has 5 nitrogen and oxygen atoms in total. The molecule has 0 fully saturated rings. The second kappa shape index (κ2) is 5.75. The van der Waals surface area contributed by atoms with Crippen LogP contribution in [0.4, 0.5) is 5.82 Å². The summed E-state index contributed by atoms with van der Waals surface area (Å²) in [6.45, 7) is 4.04. The second-order valence-corrected chi connectivity index (χ2v) is 4.88. The number of rotatable bonds is 4. The summed E-state index contributed by atoms with van der Waals surface area (Å²) in [5.41, 5.74) is 1.21. The number of hydrogen-bond donors (Lipinski definition) is 1. The number of benzene rings is 1. The van der Waals surface area contributed by atoms with Crippen molar-refractivity contribution in [2.75, 3.05) is 5.32 Å². The molecule has 0 radical (unpaired) electrons. The van der Waals surface area contributed by atoms with Gasteiger partial charge in [-0.2, -0.15) is 0 Å². The monoisotopic (exact) mass is 279 g/mol. The van der Waals surface area contributed by atoms with Gasteiger partial charge in [0, 0.05) is 18.4 Å². The maximum Gasteiger partial charge on any atom is 0.159 e. The number of nitrogens with zero attached hydrogens (tertiary/aromatic N) is 4. The van der Waals surface area contributed by atoms with Crippen molar-refractivity contribution in [3.8, 4) is 5.82 Å². The normalized spacial score (nSPS) is 12.1. The molecule has 0 saturated carbocycles. The molecule has 0 amide bonds. The molecule has 2 aromatic heterocycles. The maximum absolute atomic E-state index is 4.59. The molecule has 106 valence electrons. The van der Waals surface area contributed by atoms with Gasteiger partial charge in [0.1, 0.15) is 11.6 Å². The molecular weight excluding hydrogens is 262 g/mol. The minimum absolute atomic E-state index is 0.166. The third-order valence-corrected chi connectivity index (χ3v) is 3.36. The van der Waals surface area contributed by atoms with Crippen LogP contribution in [-0.4, -0.2) is 19.5 Å². The van der Waals surface area contributed by atoms with E-state index in [1.54, 1.807) is 18.6 Å². The number of anilines is 1. The summed E-state index contributed by atoms with van der Waals surface area (Å²) in [6.07, 6.45) is 7.09. The van der Waals surface area contributed by atoms with Crippen molar-refractivity contribution in [2.45, 2.75) is 19.9 Å². The van der Waals surface area contributed by atoms with Crippen LogP contribution in [0.5, 0.6) is 0 Å². The lowest BCUT2D eigenvalue weighted by Crippen LogP contribution is -2.09. The average molecular weight is 279 g/mol. The average Bonchev–Trinajstić information content (AvgIpc) is 2.94. The van der Waals surface area contributed by atoms with E-state index in [0.29, 0.717) is 0 Å². The summed E-state index contributed by atoms with van der Waals surface area (Å²) in [5.74, 6) is 2.39. The molecule has 1 N–H and O–H groups in total. The molecular formula is C16H17N5. The Kier molecular flexibility index (Phi) is 3.64. The first kappa shape index (κ1) is 13.3. The number of nitrogens with one attached hydrogen (secondary N) is 1. The van der Waals surface area contributed by atoms with Crippen LogP contribution in [0.3, 0.4) is 0 Å². The predicted octanol–water partition coefficient (Wildman–Crippen LogP) is 3.14. The zero-order valence-electron chi connectivity index (χ0n) is 12.1. The lowest BCUT2D eigenvalue weighted by molar-refractivity contribution is 0.858. The fourth-order valence-corrected chi connectivity index (χ4v) is 2.21. The molecule has 0 unspecified atom stereocenters. The van der Waals surface area contributed by atoms with E-state index in [-0.39, 0.29) is 6.04 Å². The van der Waals surface area contributed by atoms with E-state index in [1.165, 1.54) is 5.56 Å². The zero-order valence-corrected chi connectivity index (χ0v) is 12.1. The summed E-state index contributed by atoms with van der Waals surface area (Å²) in [4.78, 5) is 13.1. The van der Waals surface area contributed by atoms with Crippen LogP contribution < -0.4 is 5.32 Å². The Morgan fingerprint density at radius 1 is 1.14 bits per heavy atom. The highest BCUT2D eigenvalue weighted by molar-refractivity contribution is 5.39. The molecule has 3 rings (SSSR count). The van der Waals surface area contributed by atoms with Crippen molar-refractivity contribution >= 4 is 5.82 Å². The van der Waals surface area contributed by atoms with Gasteiger partial charge < -0.3 is 5.32 Å². The van der Waals surface area contributed by atoms with Crippen molar-refractivity contribution in [3.05, 3.63) is 66.5 Å². The quantitative estimate of drug-likeness (QED) is 0.797. The van der Waals surface area contributed by atoms with Crippen molar-refractivity contribution in [1.29, 1.82) is 0 Å². The van der Waals surface area contributed by atoms with Crippen molar-refractivity contribution in [1.82, 2.24) is 19.5 Å². The molecule has 5 heteroatoms. The van der Waals surface area contributed by atoms with Gasteiger partial charge in [0.15, 0.2) is 5.82 Å². The van der Waals surface area contributed by atoms with Crippen LogP contribution >= 0.6 is 0 Å². The van der Waals surface area contributed by atoms with Crippen molar-refractivity contribution in [3.63, 3.8) is 0 Å². The van der Waals surface area contributed by atoms with Gasteiger partial charge in [0.25, 0.3) is 0 Å². The minimum Gasteiger partial charge on any atom is -0.362 e. The Labute approximate surface area is 123 Å². The number of imidazole rings is 1. The first-order valence-corrected chi connectivity index (χ1v) is 6.88. The Bertz CT molecular complexity index is 720.